The average Bonchev–Trinajstić information content (AvgIpc) is 3.18. The Morgan fingerprint density at radius 3 is 2.71 bits per heavy atom. The van der Waals surface area contributed by atoms with E-state index >= 15 is 0 Å². The number of carbonyl (C=O) groups excluding carboxylic acids is 1. The molecule has 2 aromatic heterocycles. The van der Waals surface area contributed by atoms with Gasteiger partial charge in [0.25, 0.3) is 0 Å². The average molecular weight is 415 g/mol. The standard InChI is InChI=1S/C23H21N5O3/c29-23(26-16-8-9-19-20(15-16)31-14-13-30-19)25-12-10-21-27-18-7-4-11-24-22(18)28(21)17-5-2-1-3-6-17/h1-9,11,15H,10,12-14H2,(H2,25,26,29). The number of benzene rings is 2. The van der Waals surface area contributed by atoms with Gasteiger partial charge in [-0.25, -0.2) is 14.8 Å². The van der Waals surface area contributed by atoms with E-state index in [0.717, 1.165) is 22.7 Å². The number of aromatic nitrogens is 3. The monoisotopic (exact) mass is 415 g/mol. The fourth-order valence-electron chi connectivity index (χ4n) is 3.56. The SMILES string of the molecule is O=C(NCCc1nc2cccnc2n1-c1ccccc1)Nc1ccc2c(c1)OCCO2. The van der Waals surface area contributed by atoms with E-state index in [2.05, 4.69) is 15.6 Å². The molecule has 0 radical (unpaired) electrons. The Bertz CT molecular complexity index is 1220. The third kappa shape index (κ3) is 4.00. The van der Waals surface area contributed by atoms with Gasteiger partial charge in [-0.05, 0) is 36.4 Å². The van der Waals surface area contributed by atoms with Crippen LogP contribution < -0.4 is 20.1 Å². The molecule has 2 amide bonds. The molecular formula is C23H21N5O3. The van der Waals surface area contributed by atoms with Gasteiger partial charge in [-0.2, -0.15) is 0 Å². The Labute approximate surface area is 178 Å². The van der Waals surface area contributed by atoms with Crippen LogP contribution in [0.1, 0.15) is 5.82 Å². The maximum absolute atomic E-state index is 12.4. The highest BCUT2D eigenvalue weighted by molar-refractivity contribution is 5.89. The topological polar surface area (TPSA) is 90.3 Å². The zero-order chi connectivity index (χ0) is 21.0. The number of anilines is 1. The number of ether oxygens (including phenoxy) is 2. The van der Waals surface area contributed by atoms with Crippen LogP contribution in [0.2, 0.25) is 0 Å². The third-order valence-corrected chi connectivity index (χ3v) is 4.93. The zero-order valence-corrected chi connectivity index (χ0v) is 16.7. The largest absolute Gasteiger partial charge is 0.486 e. The van der Waals surface area contributed by atoms with E-state index in [9.17, 15) is 4.79 Å². The summed E-state index contributed by atoms with van der Waals surface area (Å²) in [5.74, 6) is 2.15. The van der Waals surface area contributed by atoms with Crippen molar-refractivity contribution >= 4 is 22.9 Å². The van der Waals surface area contributed by atoms with Crippen LogP contribution in [0.25, 0.3) is 16.9 Å². The van der Waals surface area contributed by atoms with E-state index in [-0.39, 0.29) is 6.03 Å². The van der Waals surface area contributed by atoms with Gasteiger partial charge in [0.05, 0.1) is 0 Å². The normalized spacial score (nSPS) is 12.5. The number of rotatable bonds is 5. The van der Waals surface area contributed by atoms with E-state index in [1.165, 1.54) is 0 Å². The molecule has 0 spiro atoms. The summed E-state index contributed by atoms with van der Waals surface area (Å²) >= 11 is 0. The molecule has 1 aliphatic heterocycles. The Kier molecular flexibility index (Phi) is 5.10. The van der Waals surface area contributed by atoms with Crippen molar-refractivity contribution in [1.29, 1.82) is 0 Å². The summed E-state index contributed by atoms with van der Waals surface area (Å²) in [5, 5.41) is 5.71. The summed E-state index contributed by atoms with van der Waals surface area (Å²) in [6.45, 7) is 1.45. The first kappa shape index (κ1) is 18.9. The number of carbonyl (C=O) groups is 1. The van der Waals surface area contributed by atoms with Crippen LogP contribution in [0.5, 0.6) is 11.5 Å². The molecule has 2 aromatic carbocycles. The van der Waals surface area contributed by atoms with Gasteiger partial charge >= 0.3 is 6.03 Å². The van der Waals surface area contributed by atoms with Crippen molar-refractivity contribution in [3.05, 3.63) is 72.7 Å². The number of fused-ring (bicyclic) bond motifs is 2. The van der Waals surface area contributed by atoms with Crippen molar-refractivity contribution < 1.29 is 14.3 Å². The van der Waals surface area contributed by atoms with Crippen molar-refractivity contribution in [3.63, 3.8) is 0 Å². The number of nitrogens with one attached hydrogen (secondary N) is 2. The first-order chi connectivity index (χ1) is 15.3. The lowest BCUT2D eigenvalue weighted by molar-refractivity contribution is 0.171. The van der Waals surface area contributed by atoms with Gasteiger partial charge in [-0.1, -0.05) is 18.2 Å². The molecule has 4 aromatic rings. The fourth-order valence-corrected chi connectivity index (χ4v) is 3.56. The Morgan fingerprint density at radius 1 is 1.00 bits per heavy atom. The predicted molar refractivity (Wildman–Crippen MR) is 117 cm³/mol. The zero-order valence-electron chi connectivity index (χ0n) is 16.7. The first-order valence-corrected chi connectivity index (χ1v) is 10.1. The van der Waals surface area contributed by atoms with Crippen LogP contribution in [-0.4, -0.2) is 40.3 Å². The minimum Gasteiger partial charge on any atom is -0.486 e. The van der Waals surface area contributed by atoms with E-state index in [1.807, 2.05) is 47.0 Å². The van der Waals surface area contributed by atoms with Crippen LogP contribution in [0.3, 0.4) is 0 Å². The molecule has 0 saturated carbocycles. The lowest BCUT2D eigenvalue weighted by Gasteiger charge is -2.19. The molecule has 0 unspecified atom stereocenters. The Morgan fingerprint density at radius 2 is 1.84 bits per heavy atom. The summed E-state index contributed by atoms with van der Waals surface area (Å²) in [5.41, 5.74) is 3.24. The van der Waals surface area contributed by atoms with Gasteiger partial charge < -0.3 is 20.1 Å². The molecule has 0 aliphatic carbocycles. The van der Waals surface area contributed by atoms with Crippen molar-refractivity contribution in [3.8, 4) is 17.2 Å². The van der Waals surface area contributed by atoms with Gasteiger partial charge in [-0.3, -0.25) is 4.57 Å². The molecule has 2 N–H and O–H groups in total. The molecular weight excluding hydrogens is 394 g/mol. The maximum Gasteiger partial charge on any atom is 0.319 e. The first-order valence-electron chi connectivity index (χ1n) is 10.1. The van der Waals surface area contributed by atoms with Crippen molar-refractivity contribution in [2.24, 2.45) is 0 Å². The molecule has 0 fully saturated rings. The second kappa shape index (κ2) is 8.35. The summed E-state index contributed by atoms with van der Waals surface area (Å²) in [4.78, 5) is 21.6. The summed E-state index contributed by atoms with van der Waals surface area (Å²) in [6, 6.07) is 18.8. The second-order valence-electron chi connectivity index (χ2n) is 7.03. The molecule has 0 atom stereocenters. The molecule has 31 heavy (non-hydrogen) atoms. The van der Waals surface area contributed by atoms with Crippen LogP contribution in [0.4, 0.5) is 10.5 Å². The lowest BCUT2D eigenvalue weighted by atomic mass is 10.2. The number of para-hydroxylation sites is 1. The highest BCUT2D eigenvalue weighted by Gasteiger charge is 2.15. The summed E-state index contributed by atoms with van der Waals surface area (Å²) in [6.07, 6.45) is 2.31. The Hall–Kier alpha value is -4.07. The quantitative estimate of drug-likeness (QED) is 0.520. The molecule has 8 nitrogen and oxygen atoms in total. The van der Waals surface area contributed by atoms with Crippen molar-refractivity contribution in [1.82, 2.24) is 19.9 Å². The predicted octanol–water partition coefficient (Wildman–Crippen LogP) is 3.56. The Balaban J connectivity index is 1.27. The van der Waals surface area contributed by atoms with E-state index in [1.54, 1.807) is 24.4 Å². The number of amides is 2. The van der Waals surface area contributed by atoms with Crippen LogP contribution >= 0.6 is 0 Å². The van der Waals surface area contributed by atoms with Crippen LogP contribution in [0, 0.1) is 0 Å². The third-order valence-electron chi connectivity index (χ3n) is 4.93. The van der Waals surface area contributed by atoms with Gasteiger partial charge in [0.2, 0.25) is 0 Å². The minimum absolute atomic E-state index is 0.294. The molecule has 0 bridgehead atoms. The van der Waals surface area contributed by atoms with E-state index < -0.39 is 0 Å². The van der Waals surface area contributed by atoms with Gasteiger partial charge in [0, 0.05) is 36.6 Å². The number of nitrogens with zero attached hydrogens (tertiary/aromatic N) is 3. The number of hydrogen-bond donors (Lipinski definition) is 2. The minimum atomic E-state index is -0.294. The maximum atomic E-state index is 12.4. The van der Waals surface area contributed by atoms with E-state index in [4.69, 9.17) is 14.5 Å². The second-order valence-corrected chi connectivity index (χ2v) is 7.03. The smallest absolute Gasteiger partial charge is 0.319 e. The summed E-state index contributed by atoms with van der Waals surface area (Å²) < 4.78 is 13.1. The molecule has 156 valence electrons. The summed E-state index contributed by atoms with van der Waals surface area (Å²) in [7, 11) is 0. The van der Waals surface area contributed by atoms with Gasteiger partial charge in [0.1, 0.15) is 24.6 Å². The molecule has 3 heterocycles. The number of hydrogen-bond acceptors (Lipinski definition) is 5. The number of pyridine rings is 1. The lowest BCUT2D eigenvalue weighted by Crippen LogP contribution is -2.31. The van der Waals surface area contributed by atoms with Crippen molar-refractivity contribution in [2.75, 3.05) is 25.1 Å². The molecule has 5 rings (SSSR count). The highest BCUT2D eigenvalue weighted by Crippen LogP contribution is 2.32. The molecule has 8 heteroatoms. The number of imidazole rings is 1. The molecule has 0 saturated heterocycles. The molecule has 1 aliphatic rings. The van der Waals surface area contributed by atoms with Gasteiger partial charge in [-0.15, -0.1) is 0 Å². The van der Waals surface area contributed by atoms with Crippen LogP contribution in [-0.2, 0) is 6.42 Å². The van der Waals surface area contributed by atoms with Gasteiger partial charge in [0.15, 0.2) is 17.1 Å². The fraction of sp³-hybridized carbons (Fsp3) is 0.174. The number of urea groups is 1. The van der Waals surface area contributed by atoms with Crippen LogP contribution in [0.15, 0.2) is 66.9 Å². The highest BCUT2D eigenvalue weighted by atomic mass is 16.6. The van der Waals surface area contributed by atoms with E-state index in [0.29, 0.717) is 43.4 Å². The van der Waals surface area contributed by atoms with Crippen molar-refractivity contribution in [2.45, 2.75) is 6.42 Å².